The number of nitro groups is 1. The van der Waals surface area contributed by atoms with Gasteiger partial charge < -0.3 is 19.2 Å². The molecule has 0 bridgehead atoms. The molecule has 0 radical (unpaired) electrons. The summed E-state index contributed by atoms with van der Waals surface area (Å²) >= 11 is 7.43. The Bertz CT molecular complexity index is 1590. The Morgan fingerprint density at radius 2 is 1.74 bits per heavy atom. The fourth-order valence-electron chi connectivity index (χ4n) is 4.79. The SMILES string of the molecule is O=[N+]([O-])c1ccc(Sc2ccc(N3C(=S)NC(c4ccccn4)C3c3cccn3Cc3ccco3)cc2)cc1. The number of anilines is 1. The molecule has 10 heteroatoms. The molecular formula is C29H23N5O3S2. The Labute approximate surface area is 234 Å². The van der Waals surface area contributed by atoms with Crippen LogP contribution in [0.5, 0.6) is 0 Å². The van der Waals surface area contributed by atoms with E-state index in [1.165, 1.54) is 12.1 Å². The first-order chi connectivity index (χ1) is 19.1. The second kappa shape index (κ2) is 10.8. The number of benzene rings is 2. The van der Waals surface area contributed by atoms with Crippen LogP contribution >= 0.6 is 24.0 Å². The molecule has 6 rings (SSSR count). The maximum Gasteiger partial charge on any atom is 0.269 e. The van der Waals surface area contributed by atoms with E-state index in [9.17, 15) is 10.1 Å². The van der Waals surface area contributed by atoms with Crippen LogP contribution in [-0.2, 0) is 6.54 Å². The number of pyridine rings is 1. The highest BCUT2D eigenvalue weighted by Gasteiger charge is 2.42. The first kappa shape index (κ1) is 24.9. The highest BCUT2D eigenvalue weighted by molar-refractivity contribution is 7.99. The molecule has 2 unspecified atom stereocenters. The number of nitrogens with zero attached hydrogens (tertiary/aromatic N) is 4. The summed E-state index contributed by atoms with van der Waals surface area (Å²) in [5, 5.41) is 15.1. The number of hydrogen-bond acceptors (Lipinski definition) is 6. The van der Waals surface area contributed by atoms with Gasteiger partial charge in [-0.1, -0.05) is 17.8 Å². The van der Waals surface area contributed by atoms with Gasteiger partial charge in [0.25, 0.3) is 5.69 Å². The van der Waals surface area contributed by atoms with Crippen molar-refractivity contribution in [1.29, 1.82) is 0 Å². The first-order valence-corrected chi connectivity index (χ1v) is 13.5. The van der Waals surface area contributed by atoms with Crippen molar-refractivity contribution in [2.45, 2.75) is 28.4 Å². The number of thiocarbonyl (C=S) groups is 1. The van der Waals surface area contributed by atoms with Gasteiger partial charge >= 0.3 is 0 Å². The lowest BCUT2D eigenvalue weighted by Crippen LogP contribution is -2.30. The van der Waals surface area contributed by atoms with E-state index in [4.69, 9.17) is 16.6 Å². The van der Waals surface area contributed by atoms with Gasteiger partial charge in [0, 0.05) is 45.7 Å². The molecule has 1 aliphatic rings. The summed E-state index contributed by atoms with van der Waals surface area (Å²) < 4.78 is 7.81. The van der Waals surface area contributed by atoms with Gasteiger partial charge in [-0.05, 0) is 85.0 Å². The van der Waals surface area contributed by atoms with E-state index in [2.05, 4.69) is 44.2 Å². The van der Waals surface area contributed by atoms with Crippen LogP contribution in [0.1, 0.15) is 29.2 Å². The summed E-state index contributed by atoms with van der Waals surface area (Å²) in [6.07, 6.45) is 5.53. The third-order valence-electron chi connectivity index (χ3n) is 6.57. The second-order valence-electron chi connectivity index (χ2n) is 8.98. The van der Waals surface area contributed by atoms with Crippen LogP contribution in [0.3, 0.4) is 0 Å². The third kappa shape index (κ3) is 5.16. The third-order valence-corrected chi connectivity index (χ3v) is 7.90. The topological polar surface area (TPSA) is 89.4 Å². The van der Waals surface area contributed by atoms with E-state index < -0.39 is 4.92 Å². The summed E-state index contributed by atoms with van der Waals surface area (Å²) in [5.41, 5.74) is 3.02. The summed E-state index contributed by atoms with van der Waals surface area (Å²) in [4.78, 5) is 19.3. The van der Waals surface area contributed by atoms with Gasteiger partial charge in [-0.2, -0.15) is 0 Å². The van der Waals surface area contributed by atoms with Crippen LogP contribution in [0.15, 0.2) is 124 Å². The maximum absolute atomic E-state index is 11.0. The minimum Gasteiger partial charge on any atom is -0.467 e. The fourth-order valence-corrected chi connectivity index (χ4v) is 5.95. The molecule has 2 aromatic carbocycles. The highest BCUT2D eigenvalue weighted by Crippen LogP contribution is 2.42. The van der Waals surface area contributed by atoms with Gasteiger partial charge in [-0.25, -0.2) is 0 Å². The number of rotatable bonds is 8. The number of nitrogens with one attached hydrogen (secondary N) is 1. The van der Waals surface area contributed by atoms with E-state index in [1.807, 2.05) is 48.5 Å². The number of aromatic nitrogens is 2. The molecule has 1 aliphatic heterocycles. The van der Waals surface area contributed by atoms with Crippen molar-refractivity contribution in [3.05, 3.63) is 137 Å². The minimum atomic E-state index is -0.393. The van der Waals surface area contributed by atoms with Crippen molar-refractivity contribution in [2.75, 3.05) is 4.90 Å². The van der Waals surface area contributed by atoms with Crippen molar-refractivity contribution < 1.29 is 9.34 Å². The lowest BCUT2D eigenvalue weighted by atomic mass is 10.0. The molecule has 194 valence electrons. The van der Waals surface area contributed by atoms with E-state index >= 15 is 0 Å². The number of non-ortho nitro benzene ring substituents is 1. The lowest BCUT2D eigenvalue weighted by Gasteiger charge is -2.29. The van der Waals surface area contributed by atoms with Crippen LogP contribution in [0, 0.1) is 10.1 Å². The van der Waals surface area contributed by atoms with Crippen LogP contribution in [-0.4, -0.2) is 19.6 Å². The first-order valence-electron chi connectivity index (χ1n) is 12.3. The predicted molar refractivity (Wildman–Crippen MR) is 154 cm³/mol. The molecule has 0 aliphatic carbocycles. The Hall–Kier alpha value is -4.41. The van der Waals surface area contributed by atoms with Gasteiger partial charge in [0.2, 0.25) is 0 Å². The summed E-state index contributed by atoms with van der Waals surface area (Å²) in [7, 11) is 0. The molecular weight excluding hydrogens is 530 g/mol. The maximum atomic E-state index is 11.0. The largest absolute Gasteiger partial charge is 0.467 e. The molecule has 0 amide bonds. The van der Waals surface area contributed by atoms with Crippen molar-refractivity contribution in [3.63, 3.8) is 0 Å². The lowest BCUT2D eigenvalue weighted by molar-refractivity contribution is -0.384. The van der Waals surface area contributed by atoms with Crippen LogP contribution in [0.2, 0.25) is 0 Å². The number of nitro benzene ring substituents is 1. The monoisotopic (exact) mass is 553 g/mol. The standard InChI is InChI=1S/C29H23N5O3S2/c35-34(36)21-10-14-24(15-11-21)39-23-12-8-20(9-13-23)33-28(27(31-29(33)38)25-6-1-2-16-30-25)26-7-3-17-32(26)19-22-5-4-18-37-22/h1-18,27-28H,19H2,(H,31,38). The average Bonchev–Trinajstić information content (AvgIpc) is 3.71. The molecule has 8 nitrogen and oxygen atoms in total. The molecule has 39 heavy (non-hydrogen) atoms. The van der Waals surface area contributed by atoms with Gasteiger partial charge in [-0.15, -0.1) is 0 Å². The molecule has 0 saturated carbocycles. The zero-order chi connectivity index (χ0) is 26.8. The summed E-state index contributed by atoms with van der Waals surface area (Å²) in [5.74, 6) is 0.870. The minimum absolute atomic E-state index is 0.0787. The Balaban J connectivity index is 1.32. The quantitative estimate of drug-likeness (QED) is 0.128. The van der Waals surface area contributed by atoms with E-state index in [-0.39, 0.29) is 17.8 Å². The predicted octanol–water partition coefficient (Wildman–Crippen LogP) is 6.76. The number of furan rings is 1. The van der Waals surface area contributed by atoms with E-state index in [0.717, 1.165) is 32.6 Å². The van der Waals surface area contributed by atoms with Crippen molar-refractivity contribution in [3.8, 4) is 0 Å². The van der Waals surface area contributed by atoms with Crippen LogP contribution in [0.25, 0.3) is 0 Å². The smallest absolute Gasteiger partial charge is 0.269 e. The molecule has 2 atom stereocenters. The van der Waals surface area contributed by atoms with Crippen molar-refractivity contribution in [1.82, 2.24) is 14.9 Å². The summed E-state index contributed by atoms with van der Waals surface area (Å²) in [6, 6.07) is 28.4. The zero-order valence-corrected chi connectivity index (χ0v) is 22.2. The van der Waals surface area contributed by atoms with Gasteiger partial charge in [0.05, 0.1) is 29.5 Å². The Morgan fingerprint density at radius 1 is 0.974 bits per heavy atom. The second-order valence-corrected chi connectivity index (χ2v) is 10.5. The average molecular weight is 554 g/mol. The molecule has 4 heterocycles. The normalized spacial score (nSPS) is 16.8. The Kier molecular flexibility index (Phi) is 6.87. The van der Waals surface area contributed by atoms with E-state index in [1.54, 1.807) is 36.4 Å². The fraction of sp³-hybridized carbons (Fsp3) is 0.103. The van der Waals surface area contributed by atoms with Crippen LogP contribution < -0.4 is 10.2 Å². The van der Waals surface area contributed by atoms with Gasteiger partial charge in [0.15, 0.2) is 5.11 Å². The zero-order valence-electron chi connectivity index (χ0n) is 20.6. The molecule has 1 N–H and O–H groups in total. The summed E-state index contributed by atoms with van der Waals surface area (Å²) in [6.45, 7) is 0.603. The van der Waals surface area contributed by atoms with E-state index in [0.29, 0.717) is 11.7 Å². The highest BCUT2D eigenvalue weighted by atomic mass is 32.2. The Morgan fingerprint density at radius 3 is 2.41 bits per heavy atom. The van der Waals surface area contributed by atoms with Gasteiger partial charge in [-0.3, -0.25) is 15.1 Å². The van der Waals surface area contributed by atoms with Crippen molar-refractivity contribution in [2.24, 2.45) is 0 Å². The molecule has 0 spiro atoms. The van der Waals surface area contributed by atoms with Crippen LogP contribution in [0.4, 0.5) is 11.4 Å². The molecule has 5 aromatic rings. The molecule has 1 saturated heterocycles. The molecule has 3 aromatic heterocycles. The van der Waals surface area contributed by atoms with Crippen molar-refractivity contribution >= 4 is 40.5 Å². The molecule has 1 fully saturated rings. The van der Waals surface area contributed by atoms with Gasteiger partial charge in [0.1, 0.15) is 11.8 Å². The number of hydrogen-bond donors (Lipinski definition) is 1.